The van der Waals surface area contributed by atoms with Crippen molar-refractivity contribution in [3.8, 4) is 34.0 Å². The fourth-order valence-corrected chi connectivity index (χ4v) is 4.63. The Morgan fingerprint density at radius 2 is 1.90 bits per heavy atom. The Bertz CT molecular complexity index is 1760. The minimum absolute atomic E-state index is 0.00671. The van der Waals surface area contributed by atoms with Crippen LogP contribution < -0.4 is 0 Å². The number of halogens is 4. The fourth-order valence-electron chi connectivity index (χ4n) is 4.63. The number of aliphatic hydroxyl groups is 1. The summed E-state index contributed by atoms with van der Waals surface area (Å²) >= 11 is 0. The van der Waals surface area contributed by atoms with E-state index in [1.54, 1.807) is 41.9 Å². The van der Waals surface area contributed by atoms with Crippen LogP contribution in [0.1, 0.15) is 11.1 Å². The van der Waals surface area contributed by atoms with Gasteiger partial charge in [-0.3, -0.25) is 4.99 Å². The number of nitrogens with zero attached hydrogens (tertiary/aromatic N) is 5. The Balaban J connectivity index is 1.42. The van der Waals surface area contributed by atoms with Crippen LogP contribution in [-0.4, -0.2) is 49.9 Å². The number of ether oxygens (including phenoxy) is 1. The molecule has 5 aromatic rings. The lowest BCUT2D eigenvalue weighted by molar-refractivity contribution is -0.136. The van der Waals surface area contributed by atoms with Gasteiger partial charge in [0.05, 0.1) is 25.5 Å². The van der Waals surface area contributed by atoms with Gasteiger partial charge in [-0.15, -0.1) is 10.2 Å². The molecule has 8 nitrogen and oxygen atoms in total. The zero-order chi connectivity index (χ0) is 28.0. The summed E-state index contributed by atoms with van der Waals surface area (Å²) in [5.41, 5.74) is 1.54. The highest BCUT2D eigenvalue weighted by Gasteiger charge is 2.35. The SMILES string of the molecule is Cn1cnnc1-c1cc(F)ccc1-c1cccc(-c2nc3cc(CN=C4COC[C@@H]4O)cc(C(F)(F)F)c3o2)c1. The van der Waals surface area contributed by atoms with Crippen molar-refractivity contribution < 1.29 is 31.8 Å². The molecule has 2 aromatic heterocycles. The summed E-state index contributed by atoms with van der Waals surface area (Å²) in [5.74, 6) is -0.00966. The molecule has 1 aliphatic heterocycles. The van der Waals surface area contributed by atoms with E-state index in [9.17, 15) is 22.7 Å². The van der Waals surface area contributed by atoms with Crippen LogP contribution in [0.3, 0.4) is 0 Å². The first-order valence-electron chi connectivity index (χ1n) is 12.2. The number of aliphatic hydroxyl groups excluding tert-OH is 1. The second kappa shape index (κ2) is 9.96. The molecular weight excluding hydrogens is 530 g/mol. The molecule has 1 saturated heterocycles. The predicted molar refractivity (Wildman–Crippen MR) is 138 cm³/mol. The molecule has 0 saturated carbocycles. The van der Waals surface area contributed by atoms with E-state index in [0.717, 1.165) is 6.07 Å². The number of oxazole rings is 1. The van der Waals surface area contributed by atoms with Gasteiger partial charge in [-0.05, 0) is 53.1 Å². The Kier molecular flexibility index (Phi) is 6.43. The van der Waals surface area contributed by atoms with Crippen molar-refractivity contribution in [3.05, 3.63) is 77.9 Å². The van der Waals surface area contributed by atoms with Gasteiger partial charge in [0.2, 0.25) is 5.89 Å². The second-order valence-corrected chi connectivity index (χ2v) is 9.38. The van der Waals surface area contributed by atoms with E-state index >= 15 is 0 Å². The third kappa shape index (κ3) is 4.87. The minimum Gasteiger partial charge on any atom is -0.435 e. The standard InChI is InChI=1S/C28H21F4N5O3/c1-37-14-34-36-26(37)20-10-18(29)5-6-19(20)16-3-2-4-17(9-16)27-35-22-8-15(11-33-23-12-39-13-24(23)38)7-21(25(22)40-27)28(30,31)32/h2-10,14,24,38H,11-13H2,1H3/t24-/m0/s1. The van der Waals surface area contributed by atoms with Gasteiger partial charge in [0.15, 0.2) is 11.4 Å². The summed E-state index contributed by atoms with van der Waals surface area (Å²) in [5, 5.41) is 17.8. The predicted octanol–water partition coefficient (Wildman–Crippen LogP) is 5.45. The summed E-state index contributed by atoms with van der Waals surface area (Å²) in [6.07, 6.45) is -4.07. The van der Waals surface area contributed by atoms with Crippen LogP contribution in [0.2, 0.25) is 0 Å². The molecule has 3 heterocycles. The topological polar surface area (TPSA) is 98.6 Å². The molecular formula is C28H21F4N5O3. The molecule has 204 valence electrons. The molecule has 1 fully saturated rings. The maximum atomic E-state index is 14.2. The number of hydrogen-bond donors (Lipinski definition) is 1. The van der Waals surface area contributed by atoms with Gasteiger partial charge < -0.3 is 18.8 Å². The van der Waals surface area contributed by atoms with Crippen LogP contribution in [0.4, 0.5) is 17.6 Å². The van der Waals surface area contributed by atoms with E-state index in [4.69, 9.17) is 9.15 Å². The maximum absolute atomic E-state index is 14.2. The van der Waals surface area contributed by atoms with Crippen LogP contribution in [-0.2, 0) is 24.5 Å². The number of aryl methyl sites for hydroxylation is 1. The highest BCUT2D eigenvalue weighted by Crippen LogP contribution is 2.39. The Morgan fingerprint density at radius 3 is 2.62 bits per heavy atom. The number of aliphatic imine (C=N–C) groups is 1. The molecule has 6 rings (SSSR count). The molecule has 0 radical (unpaired) electrons. The van der Waals surface area contributed by atoms with Gasteiger partial charge in [-0.2, -0.15) is 13.2 Å². The van der Waals surface area contributed by atoms with E-state index in [1.165, 1.54) is 24.5 Å². The average Bonchev–Trinajstić information content (AvgIpc) is 3.66. The van der Waals surface area contributed by atoms with Crippen LogP contribution in [0.5, 0.6) is 0 Å². The number of aromatic nitrogens is 4. The van der Waals surface area contributed by atoms with E-state index in [0.29, 0.717) is 33.8 Å². The van der Waals surface area contributed by atoms with Crippen molar-refractivity contribution in [1.29, 1.82) is 0 Å². The van der Waals surface area contributed by atoms with Crippen molar-refractivity contribution >= 4 is 16.8 Å². The molecule has 0 amide bonds. The normalized spacial score (nSPS) is 16.9. The van der Waals surface area contributed by atoms with Gasteiger partial charge >= 0.3 is 6.18 Å². The quantitative estimate of drug-likeness (QED) is 0.292. The largest absolute Gasteiger partial charge is 0.435 e. The van der Waals surface area contributed by atoms with Gasteiger partial charge in [0, 0.05) is 18.2 Å². The highest BCUT2D eigenvalue weighted by molar-refractivity contribution is 5.91. The van der Waals surface area contributed by atoms with E-state index in [2.05, 4.69) is 20.2 Å². The zero-order valence-corrected chi connectivity index (χ0v) is 21.0. The first kappa shape index (κ1) is 25.8. The monoisotopic (exact) mass is 551 g/mol. The lowest BCUT2D eigenvalue weighted by Gasteiger charge is -2.10. The number of alkyl halides is 3. The number of benzene rings is 3. The summed E-state index contributed by atoms with van der Waals surface area (Å²) in [6.45, 7) is 0.156. The zero-order valence-electron chi connectivity index (χ0n) is 21.0. The third-order valence-corrected chi connectivity index (χ3v) is 6.58. The molecule has 1 N–H and O–H groups in total. The summed E-state index contributed by atoms with van der Waals surface area (Å²) in [7, 11) is 1.74. The molecule has 3 aromatic carbocycles. The average molecular weight is 552 g/mol. The maximum Gasteiger partial charge on any atom is 0.420 e. The second-order valence-electron chi connectivity index (χ2n) is 9.38. The fraction of sp³-hybridized carbons (Fsp3) is 0.214. The Labute approximate surface area is 224 Å². The molecule has 0 unspecified atom stereocenters. The van der Waals surface area contributed by atoms with Crippen molar-refractivity contribution in [2.24, 2.45) is 12.0 Å². The lowest BCUT2D eigenvalue weighted by atomic mass is 9.97. The third-order valence-electron chi connectivity index (χ3n) is 6.58. The minimum atomic E-state index is -4.70. The number of rotatable bonds is 5. The molecule has 12 heteroatoms. The Morgan fingerprint density at radius 1 is 1.07 bits per heavy atom. The van der Waals surface area contributed by atoms with E-state index in [-0.39, 0.29) is 36.7 Å². The van der Waals surface area contributed by atoms with Crippen LogP contribution in [0.25, 0.3) is 45.1 Å². The highest BCUT2D eigenvalue weighted by atomic mass is 19.4. The van der Waals surface area contributed by atoms with Crippen LogP contribution in [0.15, 0.2) is 70.3 Å². The number of fused-ring (bicyclic) bond motifs is 1. The summed E-state index contributed by atoms with van der Waals surface area (Å²) < 4.78 is 68.7. The molecule has 1 aliphatic rings. The summed E-state index contributed by atoms with van der Waals surface area (Å²) in [4.78, 5) is 8.61. The molecule has 40 heavy (non-hydrogen) atoms. The molecule has 0 bridgehead atoms. The number of hydrogen-bond acceptors (Lipinski definition) is 7. The molecule has 0 aliphatic carbocycles. The van der Waals surface area contributed by atoms with Gasteiger partial charge in [-0.1, -0.05) is 18.2 Å². The van der Waals surface area contributed by atoms with E-state index in [1.807, 2.05) is 0 Å². The van der Waals surface area contributed by atoms with Crippen molar-refractivity contribution in [2.75, 3.05) is 13.2 Å². The lowest BCUT2D eigenvalue weighted by Crippen LogP contribution is -2.17. The Hall–Kier alpha value is -4.42. The van der Waals surface area contributed by atoms with Gasteiger partial charge in [0.25, 0.3) is 0 Å². The van der Waals surface area contributed by atoms with Gasteiger partial charge in [-0.25, -0.2) is 9.37 Å². The van der Waals surface area contributed by atoms with E-state index < -0.39 is 29.2 Å². The van der Waals surface area contributed by atoms with Crippen molar-refractivity contribution in [2.45, 2.75) is 18.8 Å². The van der Waals surface area contributed by atoms with Crippen LogP contribution >= 0.6 is 0 Å². The van der Waals surface area contributed by atoms with Crippen molar-refractivity contribution in [3.63, 3.8) is 0 Å². The molecule has 1 atom stereocenters. The van der Waals surface area contributed by atoms with Crippen LogP contribution in [0, 0.1) is 5.82 Å². The first-order chi connectivity index (χ1) is 19.2. The van der Waals surface area contributed by atoms with Crippen molar-refractivity contribution in [1.82, 2.24) is 19.7 Å². The smallest absolute Gasteiger partial charge is 0.420 e. The first-order valence-corrected chi connectivity index (χ1v) is 12.2. The molecule has 0 spiro atoms. The van der Waals surface area contributed by atoms with Gasteiger partial charge in [0.1, 0.15) is 29.3 Å². The summed E-state index contributed by atoms with van der Waals surface area (Å²) in [6, 6.07) is 13.6.